The number of hydrogen-bond donors (Lipinski definition) is 0. The zero-order chi connectivity index (χ0) is 44.2. The van der Waals surface area contributed by atoms with Gasteiger partial charge >= 0.3 is 11.9 Å². The second-order valence-corrected chi connectivity index (χ2v) is 21.2. The normalized spacial score (nSPS) is 23.8. The van der Waals surface area contributed by atoms with Gasteiger partial charge in [0.2, 0.25) is 0 Å². The van der Waals surface area contributed by atoms with Crippen molar-refractivity contribution in [3.8, 4) is 0 Å². The van der Waals surface area contributed by atoms with Crippen LogP contribution in [0, 0.1) is 33.5 Å². The topological polar surface area (TPSA) is 96.0 Å². The third-order valence-corrected chi connectivity index (χ3v) is 14.3. The summed E-state index contributed by atoms with van der Waals surface area (Å²) in [5.41, 5.74) is -1.23. The lowest BCUT2D eigenvalue weighted by atomic mass is 9.43. The lowest BCUT2D eigenvalue weighted by Gasteiger charge is -2.62. The van der Waals surface area contributed by atoms with Crippen molar-refractivity contribution in [3.63, 3.8) is 0 Å². The van der Waals surface area contributed by atoms with Gasteiger partial charge in [-0.05, 0) is 87.9 Å². The van der Waals surface area contributed by atoms with E-state index in [9.17, 15) is 19.2 Å². The molecular formula is C53H96O7. The van der Waals surface area contributed by atoms with Gasteiger partial charge in [-0.3, -0.25) is 19.2 Å². The fourth-order valence-electron chi connectivity index (χ4n) is 12.5. The average molecular weight is 845 g/mol. The molecule has 0 amide bonds. The Kier molecular flexibility index (Phi) is 27.3. The molecule has 0 heterocycles. The van der Waals surface area contributed by atoms with Gasteiger partial charge in [0, 0.05) is 41.9 Å². The van der Waals surface area contributed by atoms with Gasteiger partial charge in [-0.25, -0.2) is 0 Å². The molecule has 4 atom stereocenters. The highest BCUT2D eigenvalue weighted by Crippen LogP contribution is 2.67. The van der Waals surface area contributed by atoms with E-state index in [2.05, 4.69) is 48.5 Å². The van der Waals surface area contributed by atoms with Crippen molar-refractivity contribution in [1.29, 1.82) is 0 Å². The van der Waals surface area contributed by atoms with Crippen LogP contribution in [-0.2, 0) is 33.4 Å². The molecule has 60 heavy (non-hydrogen) atoms. The lowest BCUT2D eigenvalue weighted by molar-refractivity contribution is -0.184. The second kappa shape index (κ2) is 30.2. The molecule has 0 aromatic heterocycles. The summed E-state index contributed by atoms with van der Waals surface area (Å²) in [6.45, 7) is 17.2. The van der Waals surface area contributed by atoms with Crippen LogP contribution in [0.4, 0.5) is 0 Å². The molecule has 2 bridgehead atoms. The number of esters is 2. The molecule has 0 aliphatic heterocycles. The minimum absolute atomic E-state index is 0.121. The first-order valence-electron chi connectivity index (χ1n) is 25.7. The molecule has 0 aromatic rings. The molecule has 350 valence electrons. The number of fused-ring (bicyclic) bond motifs is 2. The Hall–Kier alpha value is -1.92. The van der Waals surface area contributed by atoms with Crippen molar-refractivity contribution in [1.82, 2.24) is 0 Å². The number of ether oxygens (including phenoxy) is 3. The third-order valence-electron chi connectivity index (χ3n) is 14.3. The van der Waals surface area contributed by atoms with E-state index in [1.165, 1.54) is 109 Å². The SMILES string of the molecule is CCCCCCCCCCCCCC(=O)CCC12CC(C)(COC=O)CC(COC(=O)CCCC(CCC)CCC)(CC(C)(COC(=O)CCCC(CCC)CCC)C1)C2. The standard InChI is InChI=1S/C53H96O7/c1-8-13-14-15-16-17-18-19-20-21-22-31-47(55)34-35-52-36-50(6,41-58-44-54)38-53(40-52,43-60-49(57)33-24-30-46(27-11-4)28-12-5)39-51(7,37-52)42-59-48(56)32-23-29-45(25-9-2)26-10-3/h44-46H,8-43H2,1-7H3. The van der Waals surface area contributed by atoms with Crippen LogP contribution in [0.15, 0.2) is 0 Å². The van der Waals surface area contributed by atoms with E-state index in [1.54, 1.807) is 0 Å². The number of unbranched alkanes of at least 4 members (excludes halogenated alkanes) is 10. The summed E-state index contributed by atoms with van der Waals surface area (Å²) >= 11 is 0. The third kappa shape index (κ3) is 21.9. The molecule has 4 unspecified atom stereocenters. The Balaban J connectivity index is 2.18. The van der Waals surface area contributed by atoms with Gasteiger partial charge in [0.1, 0.15) is 5.78 Å². The first-order chi connectivity index (χ1) is 28.8. The minimum Gasteiger partial charge on any atom is -0.467 e. The van der Waals surface area contributed by atoms with Gasteiger partial charge < -0.3 is 14.2 Å². The number of Topliss-reactive ketones (excluding diaryl/α,β-unsaturated/α-hetero) is 1. The minimum atomic E-state index is -0.367. The van der Waals surface area contributed by atoms with Crippen LogP contribution in [-0.4, -0.2) is 44.0 Å². The molecule has 7 nitrogen and oxygen atoms in total. The van der Waals surface area contributed by atoms with Crippen LogP contribution in [0.5, 0.6) is 0 Å². The Morgan fingerprint density at radius 2 is 0.900 bits per heavy atom. The maximum atomic E-state index is 13.6. The number of ketones is 1. The predicted octanol–water partition coefficient (Wildman–Crippen LogP) is 15.0. The first kappa shape index (κ1) is 54.2. The molecule has 2 rings (SSSR count). The van der Waals surface area contributed by atoms with Gasteiger partial charge in [-0.15, -0.1) is 0 Å². The zero-order valence-corrected chi connectivity index (χ0v) is 40.5. The van der Waals surface area contributed by atoms with Crippen molar-refractivity contribution >= 4 is 24.2 Å². The highest BCUT2D eigenvalue weighted by molar-refractivity contribution is 5.78. The maximum absolute atomic E-state index is 13.6. The molecule has 0 radical (unpaired) electrons. The molecule has 0 N–H and O–H groups in total. The van der Waals surface area contributed by atoms with E-state index in [0.717, 1.165) is 77.0 Å². The van der Waals surface area contributed by atoms with Crippen molar-refractivity contribution in [2.24, 2.45) is 33.5 Å². The average Bonchev–Trinajstić information content (AvgIpc) is 3.20. The molecule has 2 aliphatic carbocycles. The molecule has 2 fully saturated rings. The van der Waals surface area contributed by atoms with E-state index < -0.39 is 0 Å². The van der Waals surface area contributed by atoms with Crippen LogP contribution in [0.1, 0.15) is 260 Å². The Labute approximate surface area is 370 Å². The zero-order valence-electron chi connectivity index (χ0n) is 40.5. The summed E-state index contributed by atoms with van der Waals surface area (Å²) in [6.07, 6.45) is 34.1. The maximum Gasteiger partial charge on any atom is 0.305 e. The number of hydrogen-bond acceptors (Lipinski definition) is 7. The molecule has 0 aromatic carbocycles. The van der Waals surface area contributed by atoms with E-state index in [-0.39, 0.29) is 33.6 Å². The molecule has 2 aliphatic rings. The Bertz CT molecular complexity index is 1170. The number of carbonyl (C=O) groups excluding carboxylic acids is 4. The summed E-state index contributed by atoms with van der Waals surface area (Å²) in [6, 6.07) is 0. The Morgan fingerprint density at radius 1 is 0.467 bits per heavy atom. The number of carbonyl (C=O) groups is 4. The van der Waals surface area contributed by atoms with Crippen LogP contribution in [0.2, 0.25) is 0 Å². The van der Waals surface area contributed by atoms with Gasteiger partial charge in [-0.1, -0.05) is 164 Å². The Morgan fingerprint density at radius 3 is 1.37 bits per heavy atom. The molecule has 2 saturated carbocycles. The summed E-state index contributed by atoms with van der Waals surface area (Å²) in [5, 5.41) is 0. The molecule has 0 spiro atoms. The quantitative estimate of drug-likeness (QED) is 0.0264. The lowest BCUT2D eigenvalue weighted by Crippen LogP contribution is -2.56. The summed E-state index contributed by atoms with van der Waals surface area (Å²) in [5.74, 6) is 1.42. The molecular weight excluding hydrogens is 749 g/mol. The van der Waals surface area contributed by atoms with Gasteiger partial charge in [-0.2, -0.15) is 0 Å². The fraction of sp³-hybridized carbons (Fsp3) is 0.925. The van der Waals surface area contributed by atoms with Crippen LogP contribution in [0.25, 0.3) is 0 Å². The van der Waals surface area contributed by atoms with Crippen molar-refractivity contribution in [3.05, 3.63) is 0 Å². The van der Waals surface area contributed by atoms with E-state index in [0.29, 0.717) is 69.6 Å². The smallest absolute Gasteiger partial charge is 0.305 e. The summed E-state index contributed by atoms with van der Waals surface area (Å²) < 4.78 is 17.9. The monoisotopic (exact) mass is 845 g/mol. The molecule has 7 heteroatoms. The van der Waals surface area contributed by atoms with Gasteiger partial charge in [0.15, 0.2) is 0 Å². The summed E-state index contributed by atoms with van der Waals surface area (Å²) in [7, 11) is 0. The highest BCUT2D eigenvalue weighted by Gasteiger charge is 2.60. The van der Waals surface area contributed by atoms with Crippen LogP contribution < -0.4 is 0 Å². The number of rotatable bonds is 38. The van der Waals surface area contributed by atoms with Crippen molar-refractivity contribution < 1.29 is 33.4 Å². The van der Waals surface area contributed by atoms with E-state index in [1.807, 2.05) is 0 Å². The van der Waals surface area contributed by atoms with Crippen molar-refractivity contribution in [2.75, 3.05) is 19.8 Å². The van der Waals surface area contributed by atoms with Crippen molar-refractivity contribution in [2.45, 2.75) is 260 Å². The first-order valence-corrected chi connectivity index (χ1v) is 25.7. The largest absolute Gasteiger partial charge is 0.467 e. The summed E-state index contributed by atoms with van der Waals surface area (Å²) in [4.78, 5) is 51.8. The van der Waals surface area contributed by atoms with E-state index >= 15 is 0 Å². The fourth-order valence-corrected chi connectivity index (χ4v) is 12.5. The second-order valence-electron chi connectivity index (χ2n) is 21.2. The highest BCUT2D eigenvalue weighted by atomic mass is 16.5. The van der Waals surface area contributed by atoms with Gasteiger partial charge in [0.25, 0.3) is 6.47 Å². The predicted molar refractivity (Wildman–Crippen MR) is 248 cm³/mol. The molecule has 0 saturated heterocycles. The van der Waals surface area contributed by atoms with Crippen LogP contribution >= 0.6 is 0 Å². The van der Waals surface area contributed by atoms with E-state index in [4.69, 9.17) is 14.2 Å². The van der Waals surface area contributed by atoms with Crippen LogP contribution in [0.3, 0.4) is 0 Å². The van der Waals surface area contributed by atoms with Gasteiger partial charge in [0.05, 0.1) is 19.8 Å².